The topological polar surface area (TPSA) is 49.9 Å². The normalized spacial score (nSPS) is 16.6. The summed E-state index contributed by atoms with van der Waals surface area (Å²) in [5.41, 5.74) is 0.611. The molecule has 5 nitrogen and oxygen atoms in total. The zero-order valence-electron chi connectivity index (χ0n) is 14.4. The summed E-state index contributed by atoms with van der Waals surface area (Å²) in [6.45, 7) is 2.16. The van der Waals surface area contributed by atoms with E-state index in [1.165, 1.54) is 23.5 Å². The van der Waals surface area contributed by atoms with Crippen molar-refractivity contribution in [2.75, 3.05) is 33.3 Å². The van der Waals surface area contributed by atoms with Gasteiger partial charge in [-0.3, -0.25) is 4.90 Å². The number of halogens is 2. The van der Waals surface area contributed by atoms with Crippen molar-refractivity contribution in [1.82, 2.24) is 9.21 Å². The molecule has 1 heterocycles. The van der Waals surface area contributed by atoms with Crippen molar-refractivity contribution in [2.45, 2.75) is 11.4 Å². The van der Waals surface area contributed by atoms with Crippen LogP contribution in [0.5, 0.6) is 5.75 Å². The number of hydrogen-bond donors (Lipinski definition) is 0. The summed E-state index contributed by atoms with van der Waals surface area (Å²) in [4.78, 5) is 2.11. The van der Waals surface area contributed by atoms with Crippen molar-refractivity contribution in [3.63, 3.8) is 0 Å². The van der Waals surface area contributed by atoms with Gasteiger partial charge in [-0.05, 0) is 24.3 Å². The summed E-state index contributed by atoms with van der Waals surface area (Å²) in [6.07, 6.45) is 0. The third-order valence-corrected chi connectivity index (χ3v) is 6.58. The maximum atomic E-state index is 13.8. The maximum absolute atomic E-state index is 13.8. The van der Waals surface area contributed by atoms with Crippen LogP contribution in [0.2, 0.25) is 5.02 Å². The Bertz CT molecular complexity index is 884. The number of ether oxygens (including phenoxy) is 1. The molecule has 0 saturated carbocycles. The number of hydrogen-bond acceptors (Lipinski definition) is 4. The summed E-state index contributed by atoms with van der Waals surface area (Å²) in [7, 11) is -2.28. The Hall–Kier alpha value is -1.67. The van der Waals surface area contributed by atoms with Gasteiger partial charge in [-0.1, -0.05) is 29.8 Å². The molecule has 2 aromatic carbocycles. The molecule has 1 aliphatic heterocycles. The largest absolute Gasteiger partial charge is 0.495 e. The van der Waals surface area contributed by atoms with Crippen molar-refractivity contribution >= 4 is 21.6 Å². The Morgan fingerprint density at radius 1 is 1.12 bits per heavy atom. The van der Waals surface area contributed by atoms with Crippen LogP contribution in [-0.2, 0) is 16.6 Å². The summed E-state index contributed by atoms with van der Waals surface area (Å²) in [5, 5.41) is 0.336. The van der Waals surface area contributed by atoms with Crippen molar-refractivity contribution in [2.24, 2.45) is 0 Å². The highest BCUT2D eigenvalue weighted by Gasteiger charge is 2.31. The first-order valence-corrected chi connectivity index (χ1v) is 10.0. The number of methoxy groups -OCH3 is 1. The molecule has 0 unspecified atom stereocenters. The number of piperazine rings is 1. The molecule has 0 aliphatic carbocycles. The van der Waals surface area contributed by atoms with Gasteiger partial charge in [-0.25, -0.2) is 12.8 Å². The molecule has 1 saturated heterocycles. The van der Waals surface area contributed by atoms with E-state index < -0.39 is 10.0 Å². The van der Waals surface area contributed by atoms with Gasteiger partial charge in [0.25, 0.3) is 0 Å². The zero-order chi connectivity index (χ0) is 18.7. The van der Waals surface area contributed by atoms with E-state index in [0.29, 0.717) is 43.3 Å². The third kappa shape index (κ3) is 4.01. The molecule has 140 valence electrons. The molecule has 0 bridgehead atoms. The highest BCUT2D eigenvalue weighted by atomic mass is 35.5. The highest BCUT2D eigenvalue weighted by Crippen LogP contribution is 2.30. The monoisotopic (exact) mass is 398 g/mol. The fourth-order valence-corrected chi connectivity index (χ4v) is 4.83. The zero-order valence-corrected chi connectivity index (χ0v) is 15.9. The predicted octanol–water partition coefficient (Wildman–Crippen LogP) is 2.99. The highest BCUT2D eigenvalue weighted by molar-refractivity contribution is 7.89. The number of sulfonamides is 1. The average molecular weight is 399 g/mol. The van der Waals surface area contributed by atoms with E-state index in [2.05, 4.69) is 0 Å². The summed E-state index contributed by atoms with van der Waals surface area (Å²) in [5.74, 6) is 0.0226. The second-order valence-corrected chi connectivity index (χ2v) is 8.41. The van der Waals surface area contributed by atoms with E-state index in [-0.39, 0.29) is 16.5 Å². The van der Waals surface area contributed by atoms with Gasteiger partial charge >= 0.3 is 0 Å². The van der Waals surface area contributed by atoms with Crippen molar-refractivity contribution in [3.8, 4) is 5.75 Å². The van der Waals surface area contributed by atoms with Crippen molar-refractivity contribution < 1.29 is 17.5 Å². The van der Waals surface area contributed by atoms with Gasteiger partial charge in [0.15, 0.2) is 0 Å². The van der Waals surface area contributed by atoms with Gasteiger partial charge in [-0.2, -0.15) is 4.31 Å². The molecule has 1 fully saturated rings. The molecule has 0 amide bonds. The van der Waals surface area contributed by atoms with Gasteiger partial charge < -0.3 is 4.74 Å². The van der Waals surface area contributed by atoms with Gasteiger partial charge in [0.1, 0.15) is 16.5 Å². The molecule has 3 rings (SSSR count). The van der Waals surface area contributed by atoms with Crippen LogP contribution in [0, 0.1) is 5.82 Å². The minimum absolute atomic E-state index is 0.0649. The number of benzene rings is 2. The van der Waals surface area contributed by atoms with E-state index in [9.17, 15) is 12.8 Å². The smallest absolute Gasteiger partial charge is 0.246 e. The molecular formula is C18H20ClFN2O3S. The van der Waals surface area contributed by atoms with Crippen LogP contribution < -0.4 is 4.74 Å². The second kappa shape index (κ2) is 7.92. The maximum Gasteiger partial charge on any atom is 0.246 e. The molecule has 1 aliphatic rings. The van der Waals surface area contributed by atoms with Crippen LogP contribution in [0.4, 0.5) is 4.39 Å². The Morgan fingerprint density at radius 3 is 2.46 bits per heavy atom. The van der Waals surface area contributed by atoms with Gasteiger partial charge in [0.05, 0.1) is 7.11 Å². The summed E-state index contributed by atoms with van der Waals surface area (Å²) in [6, 6.07) is 11.2. The number of nitrogens with zero attached hydrogens (tertiary/aromatic N) is 2. The Morgan fingerprint density at radius 2 is 1.81 bits per heavy atom. The molecule has 2 aromatic rings. The van der Waals surface area contributed by atoms with Crippen LogP contribution in [-0.4, -0.2) is 50.9 Å². The summed E-state index contributed by atoms with van der Waals surface area (Å²) < 4.78 is 46.3. The second-order valence-electron chi connectivity index (χ2n) is 6.07. The van der Waals surface area contributed by atoms with Gasteiger partial charge in [-0.15, -0.1) is 0 Å². The average Bonchev–Trinajstić information content (AvgIpc) is 2.64. The molecule has 0 spiro atoms. The van der Waals surface area contributed by atoms with Crippen molar-refractivity contribution in [1.29, 1.82) is 0 Å². The predicted molar refractivity (Wildman–Crippen MR) is 98.4 cm³/mol. The quantitative estimate of drug-likeness (QED) is 0.777. The lowest BCUT2D eigenvalue weighted by molar-refractivity contribution is 0.179. The minimum atomic E-state index is -3.71. The van der Waals surface area contributed by atoms with E-state index in [4.69, 9.17) is 16.3 Å². The SMILES string of the molecule is COc1ccc(Cl)cc1S(=O)(=O)N1CCN(Cc2ccccc2F)CC1. The van der Waals surface area contributed by atoms with Crippen LogP contribution in [0.3, 0.4) is 0 Å². The fraction of sp³-hybridized carbons (Fsp3) is 0.333. The van der Waals surface area contributed by atoms with E-state index in [0.717, 1.165) is 0 Å². The molecule has 0 aromatic heterocycles. The fourth-order valence-electron chi connectivity index (χ4n) is 2.99. The lowest BCUT2D eigenvalue weighted by Crippen LogP contribution is -2.48. The van der Waals surface area contributed by atoms with Crippen molar-refractivity contribution in [3.05, 3.63) is 58.9 Å². The lowest BCUT2D eigenvalue weighted by atomic mass is 10.2. The molecular weight excluding hydrogens is 379 g/mol. The van der Waals surface area contributed by atoms with E-state index in [1.54, 1.807) is 30.3 Å². The first-order chi connectivity index (χ1) is 12.4. The Kier molecular flexibility index (Phi) is 5.82. The van der Waals surface area contributed by atoms with Crippen LogP contribution >= 0.6 is 11.6 Å². The molecule has 0 N–H and O–H groups in total. The summed E-state index contributed by atoms with van der Waals surface area (Å²) >= 11 is 5.96. The molecule has 8 heteroatoms. The minimum Gasteiger partial charge on any atom is -0.495 e. The first kappa shape index (κ1) is 19.1. The lowest BCUT2D eigenvalue weighted by Gasteiger charge is -2.34. The molecule has 0 radical (unpaired) electrons. The van der Waals surface area contributed by atoms with Gasteiger partial charge in [0.2, 0.25) is 10.0 Å². The van der Waals surface area contributed by atoms with E-state index >= 15 is 0 Å². The van der Waals surface area contributed by atoms with Crippen LogP contribution in [0.15, 0.2) is 47.4 Å². The number of rotatable bonds is 5. The molecule has 26 heavy (non-hydrogen) atoms. The van der Waals surface area contributed by atoms with Crippen LogP contribution in [0.1, 0.15) is 5.56 Å². The van der Waals surface area contributed by atoms with E-state index in [1.807, 2.05) is 4.90 Å². The standard InChI is InChI=1S/C18H20ClFN2O3S/c1-25-17-7-6-15(19)12-18(17)26(23,24)22-10-8-21(9-11-22)13-14-4-2-3-5-16(14)20/h2-7,12H,8-11,13H2,1H3. The van der Waals surface area contributed by atoms with Gasteiger partial charge in [0, 0.05) is 43.3 Å². The first-order valence-electron chi connectivity index (χ1n) is 8.21. The molecule has 0 atom stereocenters. The Balaban J connectivity index is 1.71. The third-order valence-electron chi connectivity index (χ3n) is 4.43. The van der Waals surface area contributed by atoms with Crippen LogP contribution in [0.25, 0.3) is 0 Å². The Labute approximate surface area is 158 Å².